The lowest BCUT2D eigenvalue weighted by Crippen LogP contribution is -2.41. The molecule has 1 amide bonds. The van der Waals surface area contributed by atoms with Crippen LogP contribution < -0.4 is 10.1 Å². The summed E-state index contributed by atoms with van der Waals surface area (Å²) < 4.78 is 32.2. The maximum Gasteiger partial charge on any atom is 0.227 e. The normalized spacial score (nSPS) is 15.8. The maximum atomic E-state index is 12.7. The SMILES string of the molecule is CCOc1ccc(NC(=O)C2CCN(S(=O)(=O)Cc3cccc(Cl)c3)CC2)cc1. The fraction of sp³-hybridized carbons (Fsp3) is 0.381. The van der Waals surface area contributed by atoms with Crippen molar-refractivity contribution in [2.45, 2.75) is 25.5 Å². The highest BCUT2D eigenvalue weighted by molar-refractivity contribution is 7.88. The van der Waals surface area contributed by atoms with Crippen LogP contribution in [0.25, 0.3) is 0 Å². The Balaban J connectivity index is 1.53. The van der Waals surface area contributed by atoms with Crippen LogP contribution >= 0.6 is 11.6 Å². The lowest BCUT2D eigenvalue weighted by molar-refractivity contribution is -0.120. The van der Waals surface area contributed by atoms with Crippen molar-refractivity contribution in [1.29, 1.82) is 0 Å². The molecule has 8 heteroatoms. The van der Waals surface area contributed by atoms with Crippen molar-refractivity contribution >= 4 is 33.2 Å². The number of hydrogen-bond acceptors (Lipinski definition) is 4. The number of halogens is 1. The molecular formula is C21H25ClN2O4S. The average molecular weight is 437 g/mol. The summed E-state index contributed by atoms with van der Waals surface area (Å²) in [7, 11) is -3.44. The Hall–Kier alpha value is -2.09. The minimum atomic E-state index is -3.44. The molecule has 0 unspecified atom stereocenters. The molecule has 0 aliphatic carbocycles. The number of anilines is 1. The van der Waals surface area contributed by atoms with Gasteiger partial charge in [-0.2, -0.15) is 0 Å². The van der Waals surface area contributed by atoms with Gasteiger partial charge in [0.2, 0.25) is 15.9 Å². The quantitative estimate of drug-likeness (QED) is 0.713. The summed E-state index contributed by atoms with van der Waals surface area (Å²) in [6.45, 7) is 3.18. The highest BCUT2D eigenvalue weighted by Gasteiger charge is 2.31. The predicted molar refractivity (Wildman–Crippen MR) is 115 cm³/mol. The largest absolute Gasteiger partial charge is 0.494 e. The Labute approximate surface area is 176 Å². The van der Waals surface area contributed by atoms with Gasteiger partial charge in [0.25, 0.3) is 0 Å². The first-order chi connectivity index (χ1) is 13.9. The fourth-order valence-electron chi connectivity index (χ4n) is 3.37. The van der Waals surface area contributed by atoms with Crippen LogP contribution in [0, 0.1) is 5.92 Å². The highest BCUT2D eigenvalue weighted by atomic mass is 35.5. The van der Waals surface area contributed by atoms with Crippen LogP contribution in [0.15, 0.2) is 48.5 Å². The van der Waals surface area contributed by atoms with Crippen LogP contribution in [-0.2, 0) is 20.6 Å². The Kier molecular flexibility index (Phi) is 7.16. The molecule has 1 heterocycles. The number of nitrogens with zero attached hydrogens (tertiary/aromatic N) is 1. The van der Waals surface area contributed by atoms with E-state index in [1.807, 2.05) is 19.1 Å². The van der Waals surface area contributed by atoms with Gasteiger partial charge in [0.15, 0.2) is 0 Å². The molecule has 156 valence electrons. The molecule has 2 aromatic carbocycles. The minimum absolute atomic E-state index is 0.0824. The van der Waals surface area contributed by atoms with E-state index in [1.165, 1.54) is 4.31 Å². The van der Waals surface area contributed by atoms with E-state index < -0.39 is 10.0 Å². The summed E-state index contributed by atoms with van der Waals surface area (Å²) in [4.78, 5) is 12.5. The van der Waals surface area contributed by atoms with E-state index in [2.05, 4.69) is 5.32 Å². The van der Waals surface area contributed by atoms with Crippen molar-refractivity contribution in [1.82, 2.24) is 4.31 Å². The topological polar surface area (TPSA) is 75.7 Å². The van der Waals surface area contributed by atoms with Gasteiger partial charge in [-0.3, -0.25) is 4.79 Å². The third-order valence-electron chi connectivity index (χ3n) is 4.89. The first-order valence-corrected chi connectivity index (χ1v) is 11.6. The van der Waals surface area contributed by atoms with Crippen LogP contribution in [0.3, 0.4) is 0 Å². The summed E-state index contributed by atoms with van der Waals surface area (Å²) >= 11 is 5.94. The Morgan fingerprint density at radius 3 is 2.48 bits per heavy atom. The summed E-state index contributed by atoms with van der Waals surface area (Å²) in [5.74, 6) is 0.375. The van der Waals surface area contributed by atoms with Gasteiger partial charge in [-0.1, -0.05) is 23.7 Å². The van der Waals surface area contributed by atoms with Crippen molar-refractivity contribution in [3.63, 3.8) is 0 Å². The van der Waals surface area contributed by atoms with Crippen molar-refractivity contribution in [2.75, 3.05) is 25.0 Å². The zero-order chi connectivity index (χ0) is 20.9. The highest BCUT2D eigenvalue weighted by Crippen LogP contribution is 2.24. The van der Waals surface area contributed by atoms with E-state index >= 15 is 0 Å². The Morgan fingerprint density at radius 2 is 1.86 bits per heavy atom. The molecular weight excluding hydrogens is 412 g/mol. The number of amides is 1. The van der Waals surface area contributed by atoms with Gasteiger partial charge in [-0.25, -0.2) is 12.7 Å². The summed E-state index contributed by atoms with van der Waals surface area (Å²) in [6, 6.07) is 14.1. The standard InChI is InChI=1S/C21H25ClN2O4S/c1-2-28-20-8-6-19(7-9-20)23-21(25)17-10-12-24(13-11-17)29(26,27)15-16-4-3-5-18(22)14-16/h3-9,14,17H,2,10-13,15H2,1H3,(H,23,25). The molecule has 29 heavy (non-hydrogen) atoms. The molecule has 0 spiro atoms. The fourth-order valence-corrected chi connectivity index (χ4v) is 5.13. The first kappa shape index (κ1) is 21.6. The summed E-state index contributed by atoms with van der Waals surface area (Å²) in [6.07, 6.45) is 0.995. The molecule has 2 aromatic rings. The molecule has 1 aliphatic heterocycles. The van der Waals surface area contributed by atoms with E-state index in [4.69, 9.17) is 16.3 Å². The second kappa shape index (κ2) is 9.61. The van der Waals surface area contributed by atoms with Gasteiger partial charge in [-0.15, -0.1) is 0 Å². The smallest absolute Gasteiger partial charge is 0.227 e. The van der Waals surface area contributed by atoms with Crippen molar-refractivity contribution < 1.29 is 17.9 Å². The zero-order valence-corrected chi connectivity index (χ0v) is 17.9. The molecule has 0 atom stereocenters. The number of hydrogen-bond donors (Lipinski definition) is 1. The second-order valence-electron chi connectivity index (χ2n) is 7.01. The number of ether oxygens (including phenoxy) is 1. The number of carbonyl (C=O) groups excluding carboxylic acids is 1. The van der Waals surface area contributed by atoms with Crippen LogP contribution in [0.4, 0.5) is 5.69 Å². The van der Waals surface area contributed by atoms with E-state index in [0.29, 0.717) is 48.8 Å². The number of rotatable bonds is 7. The lowest BCUT2D eigenvalue weighted by atomic mass is 9.97. The molecule has 6 nitrogen and oxygen atoms in total. The molecule has 0 bridgehead atoms. The van der Waals surface area contributed by atoms with Crippen molar-refractivity contribution in [3.05, 3.63) is 59.1 Å². The third-order valence-corrected chi connectivity index (χ3v) is 6.97. The zero-order valence-electron chi connectivity index (χ0n) is 16.3. The van der Waals surface area contributed by atoms with Gasteiger partial charge >= 0.3 is 0 Å². The first-order valence-electron chi connectivity index (χ1n) is 9.63. The molecule has 1 saturated heterocycles. The molecule has 3 rings (SSSR count). The van der Waals surface area contributed by atoms with Crippen LogP contribution in [0.1, 0.15) is 25.3 Å². The Morgan fingerprint density at radius 1 is 1.17 bits per heavy atom. The van der Waals surface area contributed by atoms with Crippen LogP contribution in [0.2, 0.25) is 5.02 Å². The molecule has 1 aliphatic rings. The van der Waals surface area contributed by atoms with Gasteiger partial charge in [-0.05, 0) is 61.7 Å². The Bertz CT molecular complexity index is 939. The summed E-state index contributed by atoms with van der Waals surface area (Å²) in [5.41, 5.74) is 1.36. The number of nitrogens with one attached hydrogen (secondary N) is 1. The average Bonchev–Trinajstić information content (AvgIpc) is 2.69. The van der Waals surface area contributed by atoms with Gasteiger partial charge < -0.3 is 10.1 Å². The van der Waals surface area contributed by atoms with Crippen molar-refractivity contribution in [2.24, 2.45) is 5.92 Å². The lowest BCUT2D eigenvalue weighted by Gasteiger charge is -2.30. The second-order valence-corrected chi connectivity index (χ2v) is 9.41. The van der Waals surface area contributed by atoms with Gasteiger partial charge in [0.1, 0.15) is 5.75 Å². The van der Waals surface area contributed by atoms with Gasteiger partial charge in [0.05, 0.1) is 12.4 Å². The van der Waals surface area contributed by atoms with Crippen LogP contribution in [0.5, 0.6) is 5.75 Å². The van der Waals surface area contributed by atoms with E-state index in [-0.39, 0.29) is 17.6 Å². The molecule has 0 radical (unpaired) electrons. The summed E-state index contributed by atoms with van der Waals surface area (Å²) in [5, 5.41) is 3.42. The number of piperidine rings is 1. The molecule has 0 aromatic heterocycles. The van der Waals surface area contributed by atoms with Crippen LogP contribution in [-0.4, -0.2) is 38.3 Å². The monoisotopic (exact) mass is 436 g/mol. The van der Waals surface area contributed by atoms with E-state index in [9.17, 15) is 13.2 Å². The predicted octanol–water partition coefficient (Wildman–Crippen LogP) is 3.92. The number of sulfonamides is 1. The number of benzene rings is 2. The molecule has 1 N–H and O–H groups in total. The maximum absolute atomic E-state index is 12.7. The molecule has 1 fully saturated rings. The van der Waals surface area contributed by atoms with E-state index in [0.717, 1.165) is 5.75 Å². The number of carbonyl (C=O) groups is 1. The third kappa shape index (κ3) is 5.95. The van der Waals surface area contributed by atoms with E-state index in [1.54, 1.807) is 36.4 Å². The van der Waals surface area contributed by atoms with Gasteiger partial charge in [0, 0.05) is 29.7 Å². The minimum Gasteiger partial charge on any atom is -0.494 e. The molecule has 0 saturated carbocycles. The van der Waals surface area contributed by atoms with Crippen molar-refractivity contribution in [3.8, 4) is 5.75 Å².